The number of hydrogen-bond donors (Lipinski definition) is 4. The summed E-state index contributed by atoms with van der Waals surface area (Å²) >= 11 is 6.83. The lowest BCUT2D eigenvalue weighted by Gasteiger charge is -2.42. The van der Waals surface area contributed by atoms with Gasteiger partial charge < -0.3 is 63.7 Å². The first-order valence-electron chi connectivity index (χ1n) is 26.7. The number of nitrogens with one attached hydrogen (secondary N) is 2. The summed E-state index contributed by atoms with van der Waals surface area (Å²) in [7, 11) is 4.46. The minimum absolute atomic E-state index is 0.0153. The number of allylic oxidation sites excluding steroid dienone is 3. The van der Waals surface area contributed by atoms with Crippen molar-refractivity contribution >= 4 is 80.8 Å². The van der Waals surface area contributed by atoms with Crippen LogP contribution in [0.25, 0.3) is 21.8 Å². The average Bonchev–Trinajstić information content (AvgIpc) is 4.26. The van der Waals surface area contributed by atoms with Crippen LogP contribution in [0.5, 0.6) is 0 Å². The van der Waals surface area contributed by atoms with E-state index in [1.807, 2.05) is 85.2 Å². The number of carbonyl (C=O) groups excluding carboxylic acids is 7. The molecule has 2 saturated heterocycles. The van der Waals surface area contributed by atoms with E-state index in [9.17, 15) is 38.7 Å². The third-order valence-electron chi connectivity index (χ3n) is 15.2. The number of para-hydroxylation sites is 2. The maximum atomic E-state index is 14.3. The van der Waals surface area contributed by atoms with Crippen molar-refractivity contribution in [3.05, 3.63) is 101 Å². The van der Waals surface area contributed by atoms with Crippen molar-refractivity contribution in [1.29, 1.82) is 0 Å². The first-order chi connectivity index (χ1) is 38.0. The third kappa shape index (κ3) is 14.5. The van der Waals surface area contributed by atoms with Crippen LogP contribution in [-0.2, 0) is 75.1 Å². The Morgan fingerprint density at radius 2 is 1.65 bits per heavy atom. The molecule has 5 N–H and O–H groups in total. The van der Waals surface area contributed by atoms with Crippen molar-refractivity contribution in [2.75, 3.05) is 59.1 Å². The second-order valence-corrected chi connectivity index (χ2v) is 21.3. The molecular weight excluding hydrogens is 1060 g/mol. The Morgan fingerprint density at radius 3 is 2.31 bits per heavy atom. The van der Waals surface area contributed by atoms with Gasteiger partial charge in [0.15, 0.2) is 12.5 Å². The van der Waals surface area contributed by atoms with Crippen molar-refractivity contribution < 1.29 is 71.8 Å². The van der Waals surface area contributed by atoms with Crippen LogP contribution >= 0.6 is 11.6 Å². The van der Waals surface area contributed by atoms with E-state index in [-0.39, 0.29) is 71.8 Å². The number of primary amides is 1. The number of rotatable bonds is 20. The number of hydrogen-bond acceptors (Lipinski definition) is 15. The smallest absolute Gasteiger partial charge is 0.409 e. The molecule has 5 amide bonds. The number of likely N-dealkylation sites (N-methyl/N-ethyl adjacent to an activating group) is 1. The standard InChI is InChI=1S/C58H73ClN6O15/c1-34-14-13-19-46(74-8)58(73)32-45(78-56(72)62-58)36(3)53-57(5,80-53)47(31-50(68)64(7)44-28-38(26-34)27-35(2)52(44)59)79-55(71)37(4)63(6)49(67)20-22-75-24-25-76-23-21-61-54(70)39(29-48(60)66)30-51(69)77-33-65-42-17-11-9-15-40(42)41-16-10-12-18-43(41)65/h9-19,27-28,36-37,39,45-47,53,73H,20-26,29-33H2,1-8H3,(H2,60,66)(H,61,70)(H,62,72)/b19-13+,34-14+/t36-,37+,39-,45+,46-,47+,53?,57+,58-/m1/s1. The van der Waals surface area contributed by atoms with E-state index in [1.54, 1.807) is 33.0 Å². The molecule has 0 radical (unpaired) electrons. The molecule has 432 valence electrons. The van der Waals surface area contributed by atoms with Crippen LogP contribution in [0, 0.1) is 18.8 Å². The minimum Gasteiger partial charge on any atom is -0.457 e. The molecule has 1 aromatic heterocycles. The SMILES string of the molecule is CO[C@@H]1/C=C/C=C(\C)Cc2cc(C)c(Cl)c(c2)N(C)C(=O)C[C@H](OC(=O)[C@H](C)N(C)C(=O)CCOCCOCCNC(=O)[C@H](CC(N)=O)CC(=O)OCn2c3ccccc3c3ccccc32)[C@]2(C)OC2[C@H](C)[C@@H]2C[C@]1(O)NC(=O)O2. The Bertz CT molecular complexity index is 2960. The number of ether oxygens (including phenoxy) is 7. The number of nitrogens with zero attached hydrogens (tertiary/aromatic N) is 3. The zero-order chi connectivity index (χ0) is 58.1. The fourth-order valence-electron chi connectivity index (χ4n) is 10.3. The highest BCUT2D eigenvalue weighted by molar-refractivity contribution is 6.34. The van der Waals surface area contributed by atoms with E-state index in [2.05, 4.69) is 10.6 Å². The lowest BCUT2D eigenvalue weighted by atomic mass is 9.83. The van der Waals surface area contributed by atoms with E-state index < -0.39 is 95.3 Å². The highest BCUT2D eigenvalue weighted by atomic mass is 35.5. The fraction of sp³-hybridized carbons (Fsp3) is 0.500. The molecule has 9 atom stereocenters. The lowest BCUT2D eigenvalue weighted by Crippen LogP contribution is -2.63. The number of halogens is 1. The number of benzene rings is 3. The quantitative estimate of drug-likeness (QED) is 0.0366. The predicted molar refractivity (Wildman–Crippen MR) is 296 cm³/mol. The molecule has 2 fully saturated rings. The van der Waals surface area contributed by atoms with Crippen molar-refractivity contribution in [1.82, 2.24) is 20.1 Å². The van der Waals surface area contributed by atoms with Gasteiger partial charge in [-0.3, -0.25) is 29.3 Å². The lowest BCUT2D eigenvalue weighted by molar-refractivity contribution is -0.162. The Morgan fingerprint density at radius 1 is 0.988 bits per heavy atom. The van der Waals surface area contributed by atoms with Crippen molar-refractivity contribution in [3.8, 4) is 0 Å². The summed E-state index contributed by atoms with van der Waals surface area (Å²) in [6, 6.07) is 18.1. The van der Waals surface area contributed by atoms with Gasteiger partial charge in [0, 0.05) is 57.3 Å². The average molecular weight is 1130 g/mol. The fourth-order valence-corrected chi connectivity index (χ4v) is 10.6. The first kappa shape index (κ1) is 60.8. The predicted octanol–water partition coefficient (Wildman–Crippen LogP) is 5.54. The number of anilines is 1. The number of fused-ring (bicyclic) bond motifs is 8. The van der Waals surface area contributed by atoms with Gasteiger partial charge in [-0.25, -0.2) is 9.59 Å². The molecule has 4 heterocycles. The molecule has 22 heteroatoms. The summed E-state index contributed by atoms with van der Waals surface area (Å²) in [5, 5.41) is 19.4. The van der Waals surface area contributed by atoms with Gasteiger partial charge in [-0.1, -0.05) is 84.8 Å². The summed E-state index contributed by atoms with van der Waals surface area (Å²) in [5.41, 5.74) is 7.04. The molecule has 3 aliphatic heterocycles. The molecule has 21 nitrogen and oxygen atoms in total. The number of aliphatic hydroxyl groups is 1. The number of aryl methyl sites for hydroxylation is 1. The molecule has 7 rings (SSSR count). The summed E-state index contributed by atoms with van der Waals surface area (Å²) in [4.78, 5) is 95.3. The van der Waals surface area contributed by atoms with E-state index in [1.165, 1.54) is 30.9 Å². The Balaban J connectivity index is 0.890. The van der Waals surface area contributed by atoms with Gasteiger partial charge in [0.2, 0.25) is 23.6 Å². The summed E-state index contributed by atoms with van der Waals surface area (Å²) in [6.07, 6.45) is -0.169. The highest BCUT2D eigenvalue weighted by Gasteiger charge is 2.64. The number of methoxy groups -OCH3 is 1. The summed E-state index contributed by atoms with van der Waals surface area (Å²) in [5.74, 6) is -5.31. The van der Waals surface area contributed by atoms with Gasteiger partial charge in [0.05, 0.1) is 79.5 Å². The van der Waals surface area contributed by atoms with Crippen LogP contribution in [0.3, 0.4) is 0 Å². The van der Waals surface area contributed by atoms with Gasteiger partial charge in [0.1, 0.15) is 30.0 Å². The number of aromatic nitrogens is 1. The number of esters is 2. The van der Waals surface area contributed by atoms with Gasteiger partial charge in [-0.15, -0.1) is 0 Å². The van der Waals surface area contributed by atoms with Crippen LogP contribution in [-0.4, -0.2) is 152 Å². The van der Waals surface area contributed by atoms with Gasteiger partial charge in [0.25, 0.3) is 0 Å². The molecule has 4 aromatic rings. The molecule has 0 saturated carbocycles. The normalized spacial score (nSPS) is 25.0. The second-order valence-electron chi connectivity index (χ2n) is 21.0. The van der Waals surface area contributed by atoms with Crippen molar-refractivity contribution in [2.24, 2.45) is 17.6 Å². The summed E-state index contributed by atoms with van der Waals surface area (Å²) < 4.78 is 42.5. The van der Waals surface area contributed by atoms with Gasteiger partial charge in [-0.2, -0.15) is 0 Å². The molecule has 4 bridgehead atoms. The Labute approximate surface area is 469 Å². The number of alkyl carbamates (subject to hydrolysis) is 1. The maximum Gasteiger partial charge on any atom is 0.409 e. The van der Waals surface area contributed by atoms with E-state index in [4.69, 9.17) is 50.5 Å². The second kappa shape index (κ2) is 26.6. The largest absolute Gasteiger partial charge is 0.457 e. The zero-order valence-corrected chi connectivity index (χ0v) is 47.2. The molecule has 80 heavy (non-hydrogen) atoms. The highest BCUT2D eigenvalue weighted by Crippen LogP contribution is 2.49. The molecule has 3 aromatic carbocycles. The third-order valence-corrected chi connectivity index (χ3v) is 15.7. The number of amides is 5. The molecule has 0 spiro atoms. The Kier molecular flexibility index (Phi) is 20.2. The Hall–Kier alpha value is -6.88. The number of carbonyl (C=O) groups is 7. The van der Waals surface area contributed by atoms with Crippen LogP contribution in [0.1, 0.15) is 70.9 Å². The van der Waals surface area contributed by atoms with Crippen LogP contribution < -0.4 is 21.3 Å². The number of epoxide rings is 1. The van der Waals surface area contributed by atoms with Crippen molar-refractivity contribution in [3.63, 3.8) is 0 Å². The zero-order valence-electron chi connectivity index (χ0n) is 46.5. The topological polar surface area (TPSA) is 269 Å². The molecule has 0 aliphatic carbocycles. The van der Waals surface area contributed by atoms with Crippen molar-refractivity contribution in [2.45, 2.75) is 122 Å². The maximum absolute atomic E-state index is 14.3. The number of nitrogens with two attached hydrogens (primary N) is 1. The van der Waals surface area contributed by atoms with E-state index in [0.29, 0.717) is 17.1 Å². The van der Waals surface area contributed by atoms with Crippen LogP contribution in [0.4, 0.5) is 10.5 Å². The monoisotopic (exact) mass is 1130 g/mol. The molecule has 1 unspecified atom stereocenters. The first-order valence-corrected chi connectivity index (χ1v) is 27.0. The summed E-state index contributed by atoms with van der Waals surface area (Å²) in [6.45, 7) is 8.97. The van der Waals surface area contributed by atoms with E-state index in [0.717, 1.165) is 38.5 Å². The molecule has 3 aliphatic rings. The molecular formula is C58H73ClN6O15. The van der Waals surface area contributed by atoms with Gasteiger partial charge >= 0.3 is 18.0 Å². The van der Waals surface area contributed by atoms with Crippen LogP contribution in [0.15, 0.2) is 84.5 Å². The van der Waals surface area contributed by atoms with E-state index >= 15 is 0 Å². The minimum atomic E-state index is -1.87. The van der Waals surface area contributed by atoms with Crippen LogP contribution in [0.2, 0.25) is 5.02 Å². The van der Waals surface area contributed by atoms with Gasteiger partial charge in [-0.05, 0) is 63.4 Å².